The van der Waals surface area contributed by atoms with E-state index in [4.69, 9.17) is 14.2 Å². The van der Waals surface area contributed by atoms with Crippen LogP contribution in [-0.2, 0) is 12.7 Å². The Morgan fingerprint density at radius 1 is 1.06 bits per heavy atom. The molecule has 1 unspecified atom stereocenters. The van der Waals surface area contributed by atoms with Crippen molar-refractivity contribution in [3.8, 4) is 17.2 Å². The lowest BCUT2D eigenvalue weighted by molar-refractivity contribution is -0.139. The van der Waals surface area contributed by atoms with Crippen molar-refractivity contribution in [2.24, 2.45) is 5.92 Å². The number of rotatable bonds is 12. The van der Waals surface area contributed by atoms with E-state index in [0.717, 1.165) is 37.2 Å². The average Bonchev–Trinajstić information content (AvgIpc) is 2.84. The van der Waals surface area contributed by atoms with E-state index in [1.54, 1.807) is 7.11 Å². The summed E-state index contributed by atoms with van der Waals surface area (Å²) in [5.74, 6) is 1.83. The van der Waals surface area contributed by atoms with Gasteiger partial charge in [0.1, 0.15) is 25.1 Å². The van der Waals surface area contributed by atoms with Gasteiger partial charge in [0.15, 0.2) is 11.5 Å². The fraction of sp³-hybridized carbons (Fsp3) is 0.556. The molecule has 1 saturated heterocycles. The number of hydrogen-bond donors (Lipinski definition) is 1. The Morgan fingerprint density at radius 3 is 2.47 bits per heavy atom. The minimum atomic E-state index is -4.51. The highest BCUT2D eigenvalue weighted by Gasteiger charge is 2.34. The van der Waals surface area contributed by atoms with Crippen LogP contribution in [0.1, 0.15) is 30.9 Å². The van der Waals surface area contributed by atoms with Crippen LogP contribution in [0, 0.1) is 5.92 Å². The summed E-state index contributed by atoms with van der Waals surface area (Å²) in [5, 5.41) is 10.3. The summed E-state index contributed by atoms with van der Waals surface area (Å²) >= 11 is 0. The Morgan fingerprint density at radius 2 is 1.78 bits per heavy atom. The molecule has 2 aromatic carbocycles. The van der Waals surface area contributed by atoms with Gasteiger partial charge in [0.05, 0.1) is 12.7 Å². The molecule has 1 heterocycles. The zero-order valence-corrected chi connectivity index (χ0v) is 21.3. The Kier molecular flexibility index (Phi) is 10.3. The third-order valence-corrected chi connectivity index (χ3v) is 6.37. The maximum atomic E-state index is 13.1. The van der Waals surface area contributed by atoms with Crippen molar-refractivity contribution in [1.82, 2.24) is 9.80 Å². The van der Waals surface area contributed by atoms with E-state index in [1.807, 2.05) is 30.1 Å². The molecule has 0 spiro atoms. The first-order valence-electron chi connectivity index (χ1n) is 12.3. The van der Waals surface area contributed by atoms with Gasteiger partial charge in [0.25, 0.3) is 0 Å². The highest BCUT2D eigenvalue weighted by atomic mass is 19.4. The molecule has 2 aromatic rings. The Balaban J connectivity index is 1.46. The molecule has 0 bridgehead atoms. The largest absolute Gasteiger partial charge is 0.493 e. The number of aliphatic hydroxyl groups excluding tert-OH is 1. The first kappa shape index (κ1) is 28.1. The molecule has 1 aliphatic rings. The summed E-state index contributed by atoms with van der Waals surface area (Å²) in [7, 11) is 3.42. The summed E-state index contributed by atoms with van der Waals surface area (Å²) in [4.78, 5) is 4.29. The van der Waals surface area contributed by atoms with Crippen molar-refractivity contribution in [2.45, 2.75) is 38.6 Å². The zero-order valence-electron chi connectivity index (χ0n) is 21.3. The second kappa shape index (κ2) is 13.2. The molecule has 200 valence electrons. The van der Waals surface area contributed by atoms with Crippen LogP contribution in [0.2, 0.25) is 0 Å². The van der Waals surface area contributed by atoms with Crippen LogP contribution in [0.5, 0.6) is 17.2 Å². The molecular weight excluding hydrogens is 473 g/mol. The fourth-order valence-electron chi connectivity index (χ4n) is 4.30. The number of alkyl halides is 3. The number of hydrogen-bond acceptors (Lipinski definition) is 6. The molecule has 6 nitrogen and oxygen atoms in total. The zero-order chi connectivity index (χ0) is 26.1. The SMILES string of the molecule is COc1cc(CN(C)CC(O)COc2ccccc2C(F)(F)F)ccc1OCCN1CCC(C)CC1. The van der Waals surface area contributed by atoms with Crippen LogP contribution in [0.4, 0.5) is 13.2 Å². The maximum absolute atomic E-state index is 13.1. The van der Waals surface area contributed by atoms with Crippen LogP contribution >= 0.6 is 0 Å². The predicted octanol–water partition coefficient (Wildman–Crippen LogP) is 4.70. The third kappa shape index (κ3) is 8.57. The van der Waals surface area contributed by atoms with E-state index in [-0.39, 0.29) is 18.9 Å². The summed E-state index contributed by atoms with van der Waals surface area (Å²) in [5.41, 5.74) is 0.104. The van der Waals surface area contributed by atoms with Gasteiger partial charge in [-0.05, 0) is 68.7 Å². The number of benzene rings is 2. The van der Waals surface area contributed by atoms with Gasteiger partial charge in [-0.25, -0.2) is 0 Å². The number of likely N-dealkylation sites (tertiary alicyclic amines) is 1. The minimum Gasteiger partial charge on any atom is -0.493 e. The van der Waals surface area contributed by atoms with Crippen molar-refractivity contribution in [2.75, 3.05) is 53.6 Å². The molecule has 0 saturated carbocycles. The molecule has 3 rings (SSSR count). The van der Waals surface area contributed by atoms with E-state index >= 15 is 0 Å². The molecule has 36 heavy (non-hydrogen) atoms. The van der Waals surface area contributed by atoms with E-state index in [1.165, 1.54) is 31.0 Å². The Labute approximate surface area is 211 Å². The van der Waals surface area contributed by atoms with Crippen molar-refractivity contribution in [3.63, 3.8) is 0 Å². The van der Waals surface area contributed by atoms with Gasteiger partial charge in [-0.15, -0.1) is 0 Å². The standard InChI is InChI=1S/C27H37F3N2O4/c1-20-10-12-32(13-11-20)14-15-35-25-9-8-21(16-26(25)34-3)17-31(2)18-22(33)19-36-24-7-5-4-6-23(24)27(28,29)30/h4-9,16,20,22,33H,10-15,17-19H2,1-3H3. The lowest BCUT2D eigenvalue weighted by Crippen LogP contribution is -2.35. The van der Waals surface area contributed by atoms with Crippen LogP contribution in [0.25, 0.3) is 0 Å². The quantitative estimate of drug-likeness (QED) is 0.447. The van der Waals surface area contributed by atoms with Gasteiger partial charge in [-0.1, -0.05) is 25.1 Å². The van der Waals surface area contributed by atoms with Gasteiger partial charge in [-0.2, -0.15) is 13.2 Å². The fourth-order valence-corrected chi connectivity index (χ4v) is 4.30. The molecular formula is C27H37F3N2O4. The van der Waals surface area contributed by atoms with Crippen LogP contribution in [0.3, 0.4) is 0 Å². The van der Waals surface area contributed by atoms with E-state index in [0.29, 0.717) is 24.7 Å². The summed E-state index contributed by atoms with van der Waals surface area (Å²) in [6.07, 6.45) is -3.02. The highest BCUT2D eigenvalue weighted by molar-refractivity contribution is 5.43. The summed E-state index contributed by atoms with van der Waals surface area (Å²) in [6.45, 7) is 6.48. The highest BCUT2D eigenvalue weighted by Crippen LogP contribution is 2.36. The minimum absolute atomic E-state index is 0.225. The normalized spacial score (nSPS) is 16.2. The molecule has 1 N–H and O–H groups in total. The van der Waals surface area contributed by atoms with Gasteiger partial charge >= 0.3 is 6.18 Å². The first-order chi connectivity index (χ1) is 17.2. The number of piperidine rings is 1. The number of para-hydroxylation sites is 1. The lowest BCUT2D eigenvalue weighted by Gasteiger charge is -2.30. The number of ether oxygens (including phenoxy) is 3. The second-order valence-corrected chi connectivity index (χ2v) is 9.51. The van der Waals surface area contributed by atoms with E-state index in [2.05, 4.69) is 11.8 Å². The topological polar surface area (TPSA) is 54.4 Å². The molecule has 1 fully saturated rings. The van der Waals surface area contributed by atoms with Gasteiger partial charge < -0.3 is 19.3 Å². The molecule has 1 aliphatic heterocycles. The van der Waals surface area contributed by atoms with Crippen molar-refractivity contribution in [1.29, 1.82) is 0 Å². The number of halogens is 3. The van der Waals surface area contributed by atoms with Crippen molar-refractivity contribution >= 4 is 0 Å². The average molecular weight is 511 g/mol. The Bertz CT molecular complexity index is 949. The molecule has 1 atom stereocenters. The first-order valence-corrected chi connectivity index (χ1v) is 12.3. The number of methoxy groups -OCH3 is 1. The van der Waals surface area contributed by atoms with Crippen molar-refractivity contribution in [3.05, 3.63) is 53.6 Å². The number of nitrogens with zero attached hydrogens (tertiary/aromatic N) is 2. The van der Waals surface area contributed by atoms with E-state index < -0.39 is 17.8 Å². The smallest absolute Gasteiger partial charge is 0.419 e. The Hall–Kier alpha value is -2.49. The summed E-state index contributed by atoms with van der Waals surface area (Å²) in [6, 6.07) is 10.7. The molecule has 0 radical (unpaired) electrons. The second-order valence-electron chi connectivity index (χ2n) is 9.51. The third-order valence-electron chi connectivity index (χ3n) is 6.37. The number of likely N-dealkylation sites (N-methyl/N-ethyl adjacent to an activating group) is 1. The maximum Gasteiger partial charge on any atom is 0.419 e. The summed E-state index contributed by atoms with van der Waals surface area (Å²) < 4.78 is 56.1. The van der Waals surface area contributed by atoms with Crippen LogP contribution < -0.4 is 14.2 Å². The van der Waals surface area contributed by atoms with Crippen LogP contribution in [0.15, 0.2) is 42.5 Å². The van der Waals surface area contributed by atoms with Gasteiger partial charge in [-0.3, -0.25) is 9.80 Å². The van der Waals surface area contributed by atoms with Crippen LogP contribution in [-0.4, -0.2) is 74.6 Å². The number of aliphatic hydroxyl groups is 1. The molecule has 0 aliphatic carbocycles. The van der Waals surface area contributed by atoms with Crippen molar-refractivity contribution < 1.29 is 32.5 Å². The van der Waals surface area contributed by atoms with Gasteiger partial charge in [0.2, 0.25) is 0 Å². The monoisotopic (exact) mass is 510 g/mol. The van der Waals surface area contributed by atoms with E-state index in [9.17, 15) is 18.3 Å². The molecule has 9 heteroatoms. The predicted molar refractivity (Wildman–Crippen MR) is 133 cm³/mol. The molecule has 0 amide bonds. The lowest BCUT2D eigenvalue weighted by atomic mass is 9.99. The van der Waals surface area contributed by atoms with Gasteiger partial charge in [0, 0.05) is 19.6 Å². The molecule has 0 aromatic heterocycles.